The quantitative estimate of drug-likeness (QED) is 0.745. The molecule has 0 unspecified atom stereocenters. The summed E-state index contributed by atoms with van der Waals surface area (Å²) < 4.78 is 13.2. The number of nitrogens with zero attached hydrogens (tertiary/aromatic N) is 2. The van der Waals surface area contributed by atoms with E-state index in [0.29, 0.717) is 10.0 Å². The second-order valence-corrected chi connectivity index (χ2v) is 4.61. The average Bonchev–Trinajstić information content (AvgIpc) is 2.08. The summed E-state index contributed by atoms with van der Waals surface area (Å²) >= 11 is 6.98. The maximum Gasteiger partial charge on any atom is 0.156 e. The van der Waals surface area contributed by atoms with Gasteiger partial charge in [0.1, 0.15) is 5.03 Å². The Kier molecular flexibility index (Phi) is 4.65. The molecule has 2 nitrogen and oxygen atoms in total. The van der Waals surface area contributed by atoms with Crippen LogP contribution in [0.15, 0.2) is 17.3 Å². The summed E-state index contributed by atoms with van der Waals surface area (Å²) in [7, 11) is 3.96. The molecule has 0 N–H and O–H groups in total. The van der Waals surface area contributed by atoms with Crippen molar-refractivity contribution in [2.24, 2.45) is 0 Å². The van der Waals surface area contributed by atoms with Gasteiger partial charge in [0.05, 0.1) is 5.02 Å². The van der Waals surface area contributed by atoms with Gasteiger partial charge in [-0.15, -0.1) is 11.8 Å². The van der Waals surface area contributed by atoms with Gasteiger partial charge in [-0.2, -0.15) is 0 Å². The van der Waals surface area contributed by atoms with Gasteiger partial charge >= 0.3 is 0 Å². The van der Waals surface area contributed by atoms with Crippen LogP contribution in [-0.4, -0.2) is 36.3 Å². The van der Waals surface area contributed by atoms with Crippen LogP contribution >= 0.6 is 23.4 Å². The van der Waals surface area contributed by atoms with Gasteiger partial charge in [0, 0.05) is 18.5 Å². The predicted octanol–water partition coefficient (Wildman–Crippen LogP) is 2.53. The summed E-state index contributed by atoms with van der Waals surface area (Å²) in [6.45, 7) is 0.897. The molecule has 78 valence electrons. The molecule has 0 radical (unpaired) electrons. The molecular weight excluding hydrogens is 223 g/mol. The highest BCUT2D eigenvalue weighted by Crippen LogP contribution is 2.21. The largest absolute Gasteiger partial charge is 0.309 e. The normalized spacial score (nSPS) is 10.9. The summed E-state index contributed by atoms with van der Waals surface area (Å²) in [5, 5.41) is 0.746. The number of halogens is 2. The van der Waals surface area contributed by atoms with E-state index in [1.54, 1.807) is 0 Å². The van der Waals surface area contributed by atoms with Crippen LogP contribution in [0.1, 0.15) is 0 Å². The van der Waals surface area contributed by atoms with Gasteiger partial charge in [-0.05, 0) is 20.2 Å². The second kappa shape index (κ2) is 5.53. The first-order valence-corrected chi connectivity index (χ1v) is 5.54. The first kappa shape index (κ1) is 11.8. The van der Waals surface area contributed by atoms with Gasteiger partial charge in [0.2, 0.25) is 0 Å². The maximum atomic E-state index is 13.2. The summed E-state index contributed by atoms with van der Waals surface area (Å²) in [5.74, 6) is 0.472. The Hall–Kier alpha value is -0.320. The molecule has 0 aliphatic heterocycles. The molecule has 0 aliphatic rings. The third kappa shape index (κ3) is 3.82. The lowest BCUT2D eigenvalue weighted by molar-refractivity contribution is 0.437. The average molecular weight is 235 g/mol. The molecule has 0 atom stereocenters. The van der Waals surface area contributed by atoms with Crippen LogP contribution in [0.4, 0.5) is 4.39 Å². The molecule has 0 saturated carbocycles. The molecule has 1 aromatic rings. The van der Waals surface area contributed by atoms with Gasteiger partial charge in [-0.1, -0.05) is 11.6 Å². The Morgan fingerprint density at radius 1 is 1.57 bits per heavy atom. The fraction of sp³-hybridized carbons (Fsp3) is 0.444. The number of rotatable bonds is 4. The highest BCUT2D eigenvalue weighted by atomic mass is 35.5. The van der Waals surface area contributed by atoms with Crippen molar-refractivity contribution in [3.05, 3.63) is 23.1 Å². The lowest BCUT2D eigenvalue weighted by Crippen LogP contribution is -2.14. The molecule has 1 rings (SSSR count). The lowest BCUT2D eigenvalue weighted by Gasteiger charge is -2.08. The number of aromatic nitrogens is 1. The third-order valence-electron chi connectivity index (χ3n) is 1.55. The number of hydrogen-bond acceptors (Lipinski definition) is 3. The minimum atomic E-state index is -0.346. The van der Waals surface area contributed by atoms with E-state index < -0.39 is 0 Å². The molecule has 14 heavy (non-hydrogen) atoms. The zero-order valence-electron chi connectivity index (χ0n) is 8.13. The van der Waals surface area contributed by atoms with E-state index >= 15 is 0 Å². The Morgan fingerprint density at radius 2 is 2.29 bits per heavy atom. The Balaban J connectivity index is 2.51. The number of thioether (sulfide) groups is 1. The van der Waals surface area contributed by atoms with Crippen LogP contribution in [0.5, 0.6) is 0 Å². The first-order chi connectivity index (χ1) is 6.59. The Morgan fingerprint density at radius 3 is 2.86 bits per heavy atom. The highest BCUT2D eigenvalue weighted by molar-refractivity contribution is 7.99. The molecular formula is C9H12ClFN2S. The van der Waals surface area contributed by atoms with Crippen molar-refractivity contribution in [3.63, 3.8) is 0 Å². The molecule has 0 aromatic carbocycles. The van der Waals surface area contributed by atoms with E-state index in [9.17, 15) is 4.39 Å². The van der Waals surface area contributed by atoms with Crippen molar-refractivity contribution in [1.82, 2.24) is 9.88 Å². The molecule has 0 aliphatic carbocycles. The molecule has 1 aromatic heterocycles. The zero-order chi connectivity index (χ0) is 10.6. The van der Waals surface area contributed by atoms with Gasteiger partial charge in [0.15, 0.2) is 5.82 Å². The summed E-state index contributed by atoms with van der Waals surface area (Å²) in [5.41, 5.74) is 0. The topological polar surface area (TPSA) is 16.1 Å². The minimum Gasteiger partial charge on any atom is -0.309 e. The van der Waals surface area contributed by atoms with E-state index in [2.05, 4.69) is 4.98 Å². The highest BCUT2D eigenvalue weighted by Gasteiger charge is 2.04. The third-order valence-corrected chi connectivity index (χ3v) is 2.72. The summed E-state index contributed by atoms with van der Waals surface area (Å²) in [6.07, 6.45) is 1.46. The van der Waals surface area contributed by atoms with E-state index in [4.69, 9.17) is 11.6 Å². The van der Waals surface area contributed by atoms with Gasteiger partial charge < -0.3 is 4.90 Å². The molecule has 0 saturated heterocycles. The van der Waals surface area contributed by atoms with Crippen molar-refractivity contribution >= 4 is 23.4 Å². The van der Waals surface area contributed by atoms with Crippen LogP contribution in [0.2, 0.25) is 5.02 Å². The molecule has 0 spiro atoms. The van der Waals surface area contributed by atoms with Crippen LogP contribution in [-0.2, 0) is 0 Å². The fourth-order valence-corrected chi connectivity index (χ4v) is 1.95. The van der Waals surface area contributed by atoms with E-state index in [1.807, 2.05) is 19.0 Å². The maximum absolute atomic E-state index is 13.2. The molecule has 5 heteroatoms. The van der Waals surface area contributed by atoms with Crippen LogP contribution in [0.3, 0.4) is 0 Å². The van der Waals surface area contributed by atoms with Crippen LogP contribution in [0.25, 0.3) is 0 Å². The Labute approximate surface area is 92.5 Å². The SMILES string of the molecule is CN(C)CCSc1ncc(Cl)cc1F. The zero-order valence-corrected chi connectivity index (χ0v) is 9.70. The van der Waals surface area contributed by atoms with Crippen LogP contribution < -0.4 is 0 Å². The molecule has 0 fully saturated rings. The van der Waals surface area contributed by atoms with Crippen molar-refractivity contribution in [3.8, 4) is 0 Å². The standard InChI is InChI=1S/C9H12ClFN2S/c1-13(2)3-4-14-9-8(11)5-7(10)6-12-9/h5-6H,3-4H2,1-2H3. The molecule has 0 amide bonds. The molecule has 1 heterocycles. The predicted molar refractivity (Wildman–Crippen MR) is 58.5 cm³/mol. The van der Waals surface area contributed by atoms with E-state index in [1.165, 1.54) is 24.0 Å². The van der Waals surface area contributed by atoms with E-state index in [0.717, 1.165) is 12.3 Å². The number of hydrogen-bond donors (Lipinski definition) is 0. The van der Waals surface area contributed by atoms with Crippen molar-refractivity contribution in [2.75, 3.05) is 26.4 Å². The minimum absolute atomic E-state index is 0.333. The van der Waals surface area contributed by atoms with E-state index in [-0.39, 0.29) is 5.82 Å². The van der Waals surface area contributed by atoms with Gasteiger partial charge in [-0.25, -0.2) is 9.37 Å². The second-order valence-electron chi connectivity index (χ2n) is 3.09. The van der Waals surface area contributed by atoms with Crippen LogP contribution in [0, 0.1) is 5.82 Å². The smallest absolute Gasteiger partial charge is 0.156 e. The van der Waals surface area contributed by atoms with Gasteiger partial charge in [-0.3, -0.25) is 0 Å². The van der Waals surface area contributed by atoms with Gasteiger partial charge in [0.25, 0.3) is 0 Å². The monoisotopic (exact) mass is 234 g/mol. The summed E-state index contributed by atoms with van der Waals surface area (Å²) in [4.78, 5) is 5.95. The fourth-order valence-electron chi connectivity index (χ4n) is 0.833. The first-order valence-electron chi connectivity index (χ1n) is 4.18. The van der Waals surface area contributed by atoms with Crippen molar-refractivity contribution in [2.45, 2.75) is 5.03 Å². The number of pyridine rings is 1. The Bertz CT molecular complexity index is 307. The van der Waals surface area contributed by atoms with Crippen molar-refractivity contribution < 1.29 is 4.39 Å². The van der Waals surface area contributed by atoms with Crippen molar-refractivity contribution in [1.29, 1.82) is 0 Å². The lowest BCUT2D eigenvalue weighted by atomic mass is 10.5. The molecule has 0 bridgehead atoms. The summed E-state index contributed by atoms with van der Waals surface area (Å²) in [6, 6.07) is 1.28.